The maximum atomic E-state index is 5.77. The molecule has 0 unspecified atom stereocenters. The quantitative estimate of drug-likeness (QED) is 0.904. The standard InChI is InChI=1S/C12H20BrN3/c1-4-16(9-12(2,3)8-14)11-5-6-15-7-10(11)13/h5-7H,4,8-9,14H2,1-3H3. The molecule has 0 amide bonds. The molecule has 90 valence electrons. The Bertz CT molecular complexity index is 339. The van der Waals surface area contributed by atoms with Crippen molar-refractivity contribution in [2.75, 3.05) is 24.5 Å². The van der Waals surface area contributed by atoms with Gasteiger partial charge in [-0.15, -0.1) is 0 Å². The molecule has 0 aromatic carbocycles. The average Bonchev–Trinajstić information content (AvgIpc) is 2.27. The number of hydrogen-bond acceptors (Lipinski definition) is 3. The highest BCUT2D eigenvalue weighted by molar-refractivity contribution is 9.10. The number of halogens is 1. The Morgan fingerprint density at radius 2 is 2.19 bits per heavy atom. The summed E-state index contributed by atoms with van der Waals surface area (Å²) < 4.78 is 1.03. The number of aromatic nitrogens is 1. The van der Waals surface area contributed by atoms with Gasteiger partial charge in [0.2, 0.25) is 0 Å². The van der Waals surface area contributed by atoms with E-state index in [1.807, 2.05) is 18.5 Å². The zero-order valence-corrected chi connectivity index (χ0v) is 11.8. The summed E-state index contributed by atoms with van der Waals surface area (Å²) in [5, 5.41) is 0. The van der Waals surface area contributed by atoms with Gasteiger partial charge in [-0.05, 0) is 40.9 Å². The SMILES string of the molecule is CCN(CC(C)(C)CN)c1ccncc1Br. The molecule has 2 N–H and O–H groups in total. The molecule has 1 heterocycles. The minimum Gasteiger partial charge on any atom is -0.370 e. The average molecular weight is 286 g/mol. The first-order chi connectivity index (χ1) is 7.50. The van der Waals surface area contributed by atoms with Crippen molar-refractivity contribution in [2.24, 2.45) is 11.1 Å². The molecular formula is C12H20BrN3. The first kappa shape index (κ1) is 13.5. The minimum atomic E-state index is 0.124. The van der Waals surface area contributed by atoms with E-state index >= 15 is 0 Å². The number of nitrogens with two attached hydrogens (primary N) is 1. The van der Waals surface area contributed by atoms with Gasteiger partial charge in [-0.1, -0.05) is 13.8 Å². The highest BCUT2D eigenvalue weighted by Crippen LogP contribution is 2.27. The van der Waals surface area contributed by atoms with Crippen molar-refractivity contribution in [3.8, 4) is 0 Å². The molecule has 0 radical (unpaired) electrons. The summed E-state index contributed by atoms with van der Waals surface area (Å²) in [6, 6.07) is 2.03. The predicted octanol–water partition coefficient (Wildman–Crippen LogP) is 2.66. The molecule has 1 rings (SSSR count). The van der Waals surface area contributed by atoms with Crippen molar-refractivity contribution in [1.29, 1.82) is 0 Å². The van der Waals surface area contributed by atoms with Crippen LogP contribution in [0.3, 0.4) is 0 Å². The molecule has 0 spiro atoms. The second kappa shape index (κ2) is 5.64. The monoisotopic (exact) mass is 285 g/mol. The molecule has 0 aliphatic rings. The summed E-state index contributed by atoms with van der Waals surface area (Å²) in [6.45, 7) is 9.12. The molecule has 16 heavy (non-hydrogen) atoms. The van der Waals surface area contributed by atoms with E-state index in [2.05, 4.69) is 46.6 Å². The third-order valence-electron chi connectivity index (χ3n) is 2.64. The smallest absolute Gasteiger partial charge is 0.0592 e. The Morgan fingerprint density at radius 1 is 1.50 bits per heavy atom. The lowest BCUT2D eigenvalue weighted by Crippen LogP contribution is -2.38. The largest absolute Gasteiger partial charge is 0.370 e. The Labute approximate surface area is 106 Å². The molecule has 0 saturated heterocycles. The lowest BCUT2D eigenvalue weighted by Gasteiger charge is -2.33. The number of nitrogens with zero attached hydrogens (tertiary/aromatic N) is 2. The number of hydrogen-bond donors (Lipinski definition) is 1. The van der Waals surface area contributed by atoms with Crippen molar-refractivity contribution in [3.63, 3.8) is 0 Å². The van der Waals surface area contributed by atoms with Crippen molar-refractivity contribution in [2.45, 2.75) is 20.8 Å². The molecule has 0 saturated carbocycles. The van der Waals surface area contributed by atoms with E-state index in [-0.39, 0.29) is 5.41 Å². The summed E-state index contributed by atoms with van der Waals surface area (Å²) in [4.78, 5) is 6.40. The van der Waals surface area contributed by atoms with Crippen LogP contribution >= 0.6 is 15.9 Å². The first-order valence-corrected chi connectivity index (χ1v) is 6.34. The van der Waals surface area contributed by atoms with Gasteiger partial charge in [0.25, 0.3) is 0 Å². The highest BCUT2D eigenvalue weighted by atomic mass is 79.9. The van der Waals surface area contributed by atoms with Gasteiger partial charge in [0.15, 0.2) is 0 Å². The van der Waals surface area contributed by atoms with Crippen LogP contribution in [0.4, 0.5) is 5.69 Å². The maximum Gasteiger partial charge on any atom is 0.0592 e. The second-order valence-corrected chi connectivity index (χ2v) is 5.56. The van der Waals surface area contributed by atoms with E-state index in [9.17, 15) is 0 Å². The molecule has 0 bridgehead atoms. The van der Waals surface area contributed by atoms with Crippen LogP contribution in [0.1, 0.15) is 20.8 Å². The van der Waals surface area contributed by atoms with Crippen LogP contribution < -0.4 is 10.6 Å². The third kappa shape index (κ3) is 3.46. The van der Waals surface area contributed by atoms with Crippen molar-refractivity contribution in [1.82, 2.24) is 4.98 Å². The van der Waals surface area contributed by atoms with Gasteiger partial charge in [-0.3, -0.25) is 4.98 Å². The van der Waals surface area contributed by atoms with Gasteiger partial charge >= 0.3 is 0 Å². The Kier molecular flexibility index (Phi) is 4.74. The fourth-order valence-electron chi connectivity index (χ4n) is 1.57. The van der Waals surface area contributed by atoms with Crippen LogP contribution in [0.25, 0.3) is 0 Å². The van der Waals surface area contributed by atoms with Gasteiger partial charge in [0, 0.05) is 25.5 Å². The molecule has 0 atom stereocenters. The number of rotatable bonds is 5. The molecule has 0 fully saturated rings. The van der Waals surface area contributed by atoms with Crippen LogP contribution in [0.5, 0.6) is 0 Å². The van der Waals surface area contributed by atoms with Gasteiger partial charge < -0.3 is 10.6 Å². The van der Waals surface area contributed by atoms with Crippen LogP contribution in [-0.4, -0.2) is 24.6 Å². The highest BCUT2D eigenvalue weighted by Gasteiger charge is 2.20. The second-order valence-electron chi connectivity index (χ2n) is 4.71. The van der Waals surface area contributed by atoms with Crippen LogP contribution in [-0.2, 0) is 0 Å². The van der Waals surface area contributed by atoms with E-state index in [1.165, 1.54) is 5.69 Å². The summed E-state index contributed by atoms with van der Waals surface area (Å²) >= 11 is 3.53. The summed E-state index contributed by atoms with van der Waals surface area (Å²) in [5.41, 5.74) is 7.08. The molecule has 1 aromatic heterocycles. The van der Waals surface area contributed by atoms with Crippen LogP contribution in [0.15, 0.2) is 22.9 Å². The molecular weight excluding hydrogens is 266 g/mol. The van der Waals surface area contributed by atoms with Crippen molar-refractivity contribution in [3.05, 3.63) is 22.9 Å². The minimum absolute atomic E-state index is 0.124. The third-order valence-corrected chi connectivity index (χ3v) is 3.26. The zero-order valence-electron chi connectivity index (χ0n) is 10.2. The zero-order chi connectivity index (χ0) is 12.2. The van der Waals surface area contributed by atoms with Crippen LogP contribution in [0.2, 0.25) is 0 Å². The molecule has 4 heteroatoms. The van der Waals surface area contributed by atoms with E-state index in [0.717, 1.165) is 17.6 Å². The first-order valence-electron chi connectivity index (χ1n) is 5.54. The fraction of sp³-hybridized carbons (Fsp3) is 0.583. The Balaban J connectivity index is 2.87. The van der Waals surface area contributed by atoms with E-state index < -0.39 is 0 Å². The van der Waals surface area contributed by atoms with Gasteiger partial charge in [-0.25, -0.2) is 0 Å². The van der Waals surface area contributed by atoms with E-state index in [0.29, 0.717) is 6.54 Å². The fourth-order valence-corrected chi connectivity index (χ4v) is 2.07. The summed E-state index contributed by atoms with van der Waals surface area (Å²) in [5.74, 6) is 0. The summed E-state index contributed by atoms with van der Waals surface area (Å²) in [7, 11) is 0. The topological polar surface area (TPSA) is 42.1 Å². The Morgan fingerprint density at radius 3 is 2.69 bits per heavy atom. The van der Waals surface area contributed by atoms with Gasteiger partial charge in [-0.2, -0.15) is 0 Å². The number of anilines is 1. The predicted molar refractivity (Wildman–Crippen MR) is 72.7 cm³/mol. The summed E-state index contributed by atoms with van der Waals surface area (Å²) in [6.07, 6.45) is 3.64. The number of pyridine rings is 1. The lowest BCUT2D eigenvalue weighted by molar-refractivity contribution is 0.379. The van der Waals surface area contributed by atoms with E-state index in [4.69, 9.17) is 5.73 Å². The molecule has 1 aromatic rings. The van der Waals surface area contributed by atoms with Crippen molar-refractivity contribution >= 4 is 21.6 Å². The maximum absolute atomic E-state index is 5.77. The normalized spacial score (nSPS) is 11.6. The molecule has 3 nitrogen and oxygen atoms in total. The molecule has 0 aliphatic carbocycles. The van der Waals surface area contributed by atoms with Crippen molar-refractivity contribution < 1.29 is 0 Å². The van der Waals surface area contributed by atoms with Gasteiger partial charge in [0.1, 0.15) is 0 Å². The van der Waals surface area contributed by atoms with Crippen LogP contribution in [0, 0.1) is 5.41 Å². The Hall–Kier alpha value is -0.610. The molecule has 0 aliphatic heterocycles. The van der Waals surface area contributed by atoms with Gasteiger partial charge in [0.05, 0.1) is 10.2 Å². The lowest BCUT2D eigenvalue weighted by atomic mass is 9.93. The van der Waals surface area contributed by atoms with E-state index in [1.54, 1.807) is 0 Å².